The van der Waals surface area contributed by atoms with E-state index < -0.39 is 6.04 Å². The van der Waals surface area contributed by atoms with E-state index in [1.165, 1.54) is 12.1 Å². The molecule has 0 saturated carbocycles. The third-order valence-corrected chi connectivity index (χ3v) is 4.36. The van der Waals surface area contributed by atoms with Gasteiger partial charge >= 0.3 is 0 Å². The molecule has 3 rings (SSSR count). The first-order valence-corrected chi connectivity index (χ1v) is 8.73. The maximum Gasteiger partial charge on any atom is 0.258 e. The Morgan fingerprint density at radius 3 is 2.85 bits per heavy atom. The topological polar surface area (TPSA) is 56.1 Å². The molecule has 0 bridgehead atoms. The van der Waals surface area contributed by atoms with Crippen LogP contribution in [0, 0.1) is 12.7 Å². The quantitative estimate of drug-likeness (QED) is 0.699. The van der Waals surface area contributed by atoms with Gasteiger partial charge in [-0.05, 0) is 42.3 Å². The van der Waals surface area contributed by atoms with Crippen molar-refractivity contribution >= 4 is 17.5 Å². The molecule has 0 spiro atoms. The zero-order valence-electron chi connectivity index (χ0n) is 14.9. The molecule has 3 aromatic rings. The predicted molar refractivity (Wildman–Crippen MR) is 101 cm³/mol. The van der Waals surface area contributed by atoms with E-state index in [9.17, 15) is 9.18 Å². The van der Waals surface area contributed by atoms with Crippen molar-refractivity contribution in [3.05, 3.63) is 82.6 Å². The number of benzene rings is 2. The first-order chi connectivity index (χ1) is 12.9. The van der Waals surface area contributed by atoms with Crippen LogP contribution in [-0.4, -0.2) is 22.1 Å². The minimum absolute atomic E-state index is 0.223. The molecule has 1 atom stereocenters. The number of hydrogen-bond donors (Lipinski definition) is 1. The van der Waals surface area contributed by atoms with Gasteiger partial charge in [0.05, 0.1) is 5.02 Å². The van der Waals surface area contributed by atoms with Crippen molar-refractivity contribution in [1.82, 2.24) is 14.9 Å². The van der Waals surface area contributed by atoms with Gasteiger partial charge in [-0.15, -0.1) is 0 Å². The number of rotatable bonds is 6. The van der Waals surface area contributed by atoms with E-state index in [0.29, 0.717) is 22.2 Å². The molecule has 1 amide bonds. The molecule has 0 radical (unpaired) electrons. The van der Waals surface area contributed by atoms with Gasteiger partial charge < -0.3 is 14.6 Å². The van der Waals surface area contributed by atoms with Crippen LogP contribution < -0.4 is 10.1 Å². The van der Waals surface area contributed by atoms with Crippen LogP contribution in [0.2, 0.25) is 5.02 Å². The zero-order valence-corrected chi connectivity index (χ0v) is 15.7. The lowest BCUT2D eigenvalue weighted by Gasteiger charge is -2.19. The Hall–Kier alpha value is -2.86. The van der Waals surface area contributed by atoms with Gasteiger partial charge in [-0.25, -0.2) is 9.37 Å². The third kappa shape index (κ3) is 4.65. The monoisotopic (exact) mass is 387 g/mol. The van der Waals surface area contributed by atoms with E-state index in [-0.39, 0.29) is 18.3 Å². The zero-order chi connectivity index (χ0) is 19.4. The number of hydrogen-bond acceptors (Lipinski definition) is 3. The molecule has 0 aliphatic carbocycles. The van der Waals surface area contributed by atoms with Gasteiger partial charge in [-0.2, -0.15) is 0 Å². The number of imidazole rings is 1. The van der Waals surface area contributed by atoms with Gasteiger partial charge in [-0.3, -0.25) is 4.79 Å². The summed E-state index contributed by atoms with van der Waals surface area (Å²) in [5.41, 5.74) is 1.56. The molecule has 0 unspecified atom stereocenters. The van der Waals surface area contributed by atoms with E-state index in [1.54, 1.807) is 41.2 Å². The molecule has 2 aromatic carbocycles. The SMILES string of the molecule is Cc1ccc(Cl)c(OCC(=O)N[C@H](c2cccc(F)c2)c2nccn2C)c1. The van der Waals surface area contributed by atoms with Crippen molar-refractivity contribution in [3.8, 4) is 5.75 Å². The number of aromatic nitrogens is 2. The van der Waals surface area contributed by atoms with Crippen LogP contribution in [0.3, 0.4) is 0 Å². The van der Waals surface area contributed by atoms with Gasteiger partial charge in [0.25, 0.3) is 5.91 Å². The molecule has 0 aliphatic rings. The van der Waals surface area contributed by atoms with Gasteiger partial charge in [0.1, 0.15) is 23.4 Å². The van der Waals surface area contributed by atoms with Crippen molar-refractivity contribution < 1.29 is 13.9 Å². The van der Waals surface area contributed by atoms with Crippen LogP contribution in [0.1, 0.15) is 23.0 Å². The number of aryl methyl sites for hydroxylation is 2. The number of halogens is 2. The second-order valence-corrected chi connectivity index (χ2v) is 6.58. The summed E-state index contributed by atoms with van der Waals surface area (Å²) in [5, 5.41) is 3.28. The molecule has 1 aromatic heterocycles. The van der Waals surface area contributed by atoms with Crippen LogP contribution in [-0.2, 0) is 11.8 Å². The highest BCUT2D eigenvalue weighted by molar-refractivity contribution is 6.32. The van der Waals surface area contributed by atoms with Crippen LogP contribution in [0.5, 0.6) is 5.75 Å². The summed E-state index contributed by atoms with van der Waals surface area (Å²) in [7, 11) is 1.81. The number of amides is 1. The minimum Gasteiger partial charge on any atom is -0.482 e. The molecular weight excluding hydrogens is 369 g/mol. The summed E-state index contributed by atoms with van der Waals surface area (Å²) in [6, 6.07) is 10.8. The largest absolute Gasteiger partial charge is 0.482 e. The fraction of sp³-hybridized carbons (Fsp3) is 0.200. The normalized spacial score (nSPS) is 11.9. The Balaban J connectivity index is 1.77. The second kappa shape index (κ2) is 8.22. The number of nitrogens with zero attached hydrogens (tertiary/aromatic N) is 2. The highest BCUT2D eigenvalue weighted by Gasteiger charge is 2.21. The van der Waals surface area contributed by atoms with E-state index in [1.807, 2.05) is 20.0 Å². The molecular formula is C20H19ClFN3O2. The fourth-order valence-corrected chi connectivity index (χ4v) is 2.88. The highest BCUT2D eigenvalue weighted by Crippen LogP contribution is 2.25. The van der Waals surface area contributed by atoms with Crippen LogP contribution >= 0.6 is 11.6 Å². The Morgan fingerprint density at radius 1 is 1.33 bits per heavy atom. The summed E-state index contributed by atoms with van der Waals surface area (Å²) >= 11 is 6.09. The molecule has 5 nitrogen and oxygen atoms in total. The predicted octanol–water partition coefficient (Wildman–Crippen LogP) is 3.81. The lowest BCUT2D eigenvalue weighted by molar-refractivity contribution is -0.123. The summed E-state index contributed by atoms with van der Waals surface area (Å²) in [5.74, 6) is 0.266. The van der Waals surface area contributed by atoms with Crippen molar-refractivity contribution in [1.29, 1.82) is 0 Å². The van der Waals surface area contributed by atoms with Gasteiger partial charge in [0.2, 0.25) is 0 Å². The standard InChI is InChI=1S/C20H19ClFN3O2/c1-13-6-7-16(21)17(10-13)27-12-18(26)24-19(20-23-8-9-25(20)2)14-4-3-5-15(22)11-14/h3-11,19H,12H2,1-2H3,(H,24,26)/t19-/m1/s1. The first kappa shape index (κ1) is 18.9. The van der Waals surface area contributed by atoms with E-state index in [2.05, 4.69) is 10.3 Å². The first-order valence-electron chi connectivity index (χ1n) is 8.35. The summed E-state index contributed by atoms with van der Waals surface area (Å²) < 4.78 is 21.0. The van der Waals surface area contributed by atoms with Gasteiger partial charge in [-0.1, -0.05) is 29.8 Å². The summed E-state index contributed by atoms with van der Waals surface area (Å²) in [4.78, 5) is 16.8. The lowest BCUT2D eigenvalue weighted by Crippen LogP contribution is -2.34. The summed E-state index contributed by atoms with van der Waals surface area (Å²) in [6.07, 6.45) is 3.38. The van der Waals surface area contributed by atoms with E-state index in [0.717, 1.165) is 5.56 Å². The molecule has 27 heavy (non-hydrogen) atoms. The van der Waals surface area contributed by atoms with E-state index in [4.69, 9.17) is 16.3 Å². The highest BCUT2D eigenvalue weighted by atomic mass is 35.5. The molecule has 7 heteroatoms. The van der Waals surface area contributed by atoms with Crippen molar-refractivity contribution in [3.63, 3.8) is 0 Å². The van der Waals surface area contributed by atoms with Crippen LogP contribution in [0.25, 0.3) is 0 Å². The maximum atomic E-state index is 13.7. The Morgan fingerprint density at radius 2 is 2.15 bits per heavy atom. The van der Waals surface area contributed by atoms with Crippen molar-refractivity contribution in [2.24, 2.45) is 7.05 Å². The number of carbonyl (C=O) groups is 1. The minimum atomic E-state index is -0.607. The number of carbonyl (C=O) groups excluding carboxylic acids is 1. The lowest BCUT2D eigenvalue weighted by atomic mass is 10.1. The number of nitrogens with one attached hydrogen (secondary N) is 1. The van der Waals surface area contributed by atoms with Crippen LogP contribution in [0.4, 0.5) is 4.39 Å². The summed E-state index contributed by atoms with van der Waals surface area (Å²) in [6.45, 7) is 1.68. The smallest absolute Gasteiger partial charge is 0.258 e. The third-order valence-electron chi connectivity index (χ3n) is 4.05. The Kier molecular flexibility index (Phi) is 5.76. The fourth-order valence-electron chi connectivity index (χ4n) is 2.71. The molecule has 1 N–H and O–H groups in total. The Bertz CT molecular complexity index is 958. The second-order valence-electron chi connectivity index (χ2n) is 6.17. The van der Waals surface area contributed by atoms with Gasteiger partial charge in [0.15, 0.2) is 6.61 Å². The molecule has 140 valence electrons. The average molecular weight is 388 g/mol. The molecule has 0 saturated heterocycles. The molecule has 0 aliphatic heterocycles. The average Bonchev–Trinajstić information content (AvgIpc) is 3.06. The Labute approximate surface area is 161 Å². The van der Waals surface area contributed by atoms with Crippen molar-refractivity contribution in [2.75, 3.05) is 6.61 Å². The van der Waals surface area contributed by atoms with Gasteiger partial charge in [0, 0.05) is 19.4 Å². The van der Waals surface area contributed by atoms with E-state index >= 15 is 0 Å². The number of ether oxygens (including phenoxy) is 1. The van der Waals surface area contributed by atoms with Crippen molar-refractivity contribution in [2.45, 2.75) is 13.0 Å². The maximum absolute atomic E-state index is 13.7. The van der Waals surface area contributed by atoms with Crippen LogP contribution in [0.15, 0.2) is 54.9 Å². The molecule has 0 fully saturated rings. The molecule has 1 heterocycles.